The van der Waals surface area contributed by atoms with Crippen molar-refractivity contribution in [2.24, 2.45) is 0 Å². The van der Waals surface area contributed by atoms with Crippen LogP contribution in [0.25, 0.3) is 0 Å². The van der Waals surface area contributed by atoms with Gasteiger partial charge in [0.1, 0.15) is 13.2 Å². The van der Waals surface area contributed by atoms with Crippen LogP contribution in [0.2, 0.25) is 0 Å². The van der Waals surface area contributed by atoms with Gasteiger partial charge in [-0.2, -0.15) is 0 Å². The standard InChI is InChI=1S/C21H24N2O3S/c24-21(15-27-18-6-2-1-3-7-18)23-10-4-5-17(14-23)22-16-8-9-19-20(13-16)26-12-11-25-19/h1-3,6-9,13,17,22H,4-5,10-12,14-15H2/t17-/m1/s1. The number of rotatable bonds is 5. The van der Waals surface area contributed by atoms with Gasteiger partial charge in [-0.15, -0.1) is 11.8 Å². The summed E-state index contributed by atoms with van der Waals surface area (Å²) in [6.45, 7) is 2.76. The largest absolute Gasteiger partial charge is 0.486 e. The molecule has 4 rings (SSSR count). The van der Waals surface area contributed by atoms with E-state index >= 15 is 0 Å². The first-order chi connectivity index (χ1) is 13.3. The molecule has 0 aromatic heterocycles. The van der Waals surface area contributed by atoms with Crippen LogP contribution in [0.5, 0.6) is 11.5 Å². The molecule has 1 N–H and O–H groups in total. The molecule has 2 heterocycles. The fraction of sp³-hybridized carbons (Fsp3) is 0.381. The fourth-order valence-corrected chi connectivity index (χ4v) is 4.27. The van der Waals surface area contributed by atoms with Crippen LogP contribution in [-0.4, -0.2) is 48.9 Å². The quantitative estimate of drug-likeness (QED) is 0.798. The SMILES string of the molecule is O=C(CSc1ccccc1)N1CCC[C@@H](Nc2ccc3c(c2)OCCO3)C1. The summed E-state index contributed by atoms with van der Waals surface area (Å²) in [6, 6.07) is 16.3. The Kier molecular flexibility index (Phi) is 5.72. The number of likely N-dealkylation sites (tertiary alicyclic amines) is 1. The Bertz CT molecular complexity index is 784. The van der Waals surface area contributed by atoms with Crippen LogP contribution in [0.4, 0.5) is 5.69 Å². The Balaban J connectivity index is 1.32. The van der Waals surface area contributed by atoms with Crippen molar-refractivity contribution in [3.8, 4) is 11.5 Å². The normalized spacial score (nSPS) is 18.8. The zero-order valence-electron chi connectivity index (χ0n) is 15.2. The first-order valence-corrected chi connectivity index (χ1v) is 10.4. The van der Waals surface area contributed by atoms with Gasteiger partial charge in [0.05, 0.1) is 5.75 Å². The molecule has 0 spiro atoms. The maximum atomic E-state index is 12.6. The third-order valence-electron chi connectivity index (χ3n) is 4.79. The summed E-state index contributed by atoms with van der Waals surface area (Å²) in [4.78, 5) is 15.7. The molecule has 0 aliphatic carbocycles. The number of amides is 1. The van der Waals surface area contributed by atoms with Gasteiger partial charge in [0.15, 0.2) is 11.5 Å². The second kappa shape index (κ2) is 8.57. The second-order valence-electron chi connectivity index (χ2n) is 6.78. The number of hydrogen-bond donors (Lipinski definition) is 1. The lowest BCUT2D eigenvalue weighted by Gasteiger charge is -2.34. The molecule has 5 nitrogen and oxygen atoms in total. The molecule has 0 radical (unpaired) electrons. The average molecular weight is 385 g/mol. The van der Waals surface area contributed by atoms with Crippen molar-refractivity contribution >= 4 is 23.4 Å². The Labute approximate surface area is 164 Å². The zero-order valence-corrected chi connectivity index (χ0v) is 16.0. The van der Waals surface area contributed by atoms with E-state index in [2.05, 4.69) is 5.32 Å². The van der Waals surface area contributed by atoms with Crippen molar-refractivity contribution in [1.29, 1.82) is 0 Å². The average Bonchev–Trinajstić information content (AvgIpc) is 2.73. The van der Waals surface area contributed by atoms with Gasteiger partial charge >= 0.3 is 0 Å². The van der Waals surface area contributed by atoms with Gasteiger partial charge < -0.3 is 19.7 Å². The van der Waals surface area contributed by atoms with Crippen molar-refractivity contribution in [1.82, 2.24) is 4.90 Å². The molecular formula is C21H24N2O3S. The van der Waals surface area contributed by atoms with Gasteiger partial charge in [0, 0.05) is 35.8 Å². The third kappa shape index (κ3) is 4.69. The Morgan fingerprint density at radius 3 is 2.78 bits per heavy atom. The number of hydrogen-bond acceptors (Lipinski definition) is 5. The number of benzene rings is 2. The van der Waals surface area contributed by atoms with E-state index in [9.17, 15) is 4.79 Å². The van der Waals surface area contributed by atoms with E-state index in [1.165, 1.54) is 0 Å². The van der Waals surface area contributed by atoms with E-state index in [0.717, 1.165) is 48.0 Å². The minimum Gasteiger partial charge on any atom is -0.486 e. The number of nitrogens with zero attached hydrogens (tertiary/aromatic N) is 1. The molecule has 6 heteroatoms. The van der Waals surface area contributed by atoms with Gasteiger partial charge in [-0.25, -0.2) is 0 Å². The number of carbonyl (C=O) groups excluding carboxylic acids is 1. The predicted octanol–water partition coefficient (Wildman–Crippen LogP) is 3.65. The highest BCUT2D eigenvalue weighted by molar-refractivity contribution is 8.00. The van der Waals surface area contributed by atoms with Gasteiger partial charge in [-0.05, 0) is 37.1 Å². The molecule has 27 heavy (non-hydrogen) atoms. The minimum atomic E-state index is 0.206. The van der Waals surface area contributed by atoms with Gasteiger partial charge in [0.25, 0.3) is 0 Å². The Morgan fingerprint density at radius 2 is 1.93 bits per heavy atom. The predicted molar refractivity (Wildman–Crippen MR) is 108 cm³/mol. The minimum absolute atomic E-state index is 0.206. The van der Waals surface area contributed by atoms with E-state index in [1.54, 1.807) is 11.8 Å². The summed E-state index contributed by atoms with van der Waals surface area (Å²) in [5.74, 6) is 2.28. The van der Waals surface area contributed by atoms with E-state index in [1.807, 2.05) is 53.4 Å². The van der Waals surface area contributed by atoms with E-state index in [0.29, 0.717) is 19.0 Å². The molecule has 1 atom stereocenters. The van der Waals surface area contributed by atoms with Crippen molar-refractivity contribution < 1.29 is 14.3 Å². The number of carbonyl (C=O) groups is 1. The fourth-order valence-electron chi connectivity index (χ4n) is 3.44. The van der Waals surface area contributed by atoms with Crippen molar-refractivity contribution in [3.63, 3.8) is 0 Å². The summed E-state index contributed by atoms with van der Waals surface area (Å²) in [5, 5.41) is 3.55. The summed E-state index contributed by atoms with van der Waals surface area (Å²) < 4.78 is 11.2. The summed E-state index contributed by atoms with van der Waals surface area (Å²) in [6.07, 6.45) is 2.08. The zero-order chi connectivity index (χ0) is 18.5. The highest BCUT2D eigenvalue weighted by Crippen LogP contribution is 2.33. The van der Waals surface area contributed by atoms with Crippen LogP contribution < -0.4 is 14.8 Å². The van der Waals surface area contributed by atoms with Crippen molar-refractivity contribution in [2.45, 2.75) is 23.8 Å². The van der Waals surface area contributed by atoms with Crippen LogP contribution in [0, 0.1) is 0 Å². The third-order valence-corrected chi connectivity index (χ3v) is 5.79. The number of anilines is 1. The van der Waals surface area contributed by atoms with Crippen LogP contribution in [0.15, 0.2) is 53.4 Å². The van der Waals surface area contributed by atoms with Gasteiger partial charge in [0.2, 0.25) is 5.91 Å². The first-order valence-electron chi connectivity index (χ1n) is 9.40. The smallest absolute Gasteiger partial charge is 0.233 e. The number of fused-ring (bicyclic) bond motifs is 1. The second-order valence-corrected chi connectivity index (χ2v) is 7.83. The van der Waals surface area contributed by atoms with Crippen LogP contribution in [-0.2, 0) is 4.79 Å². The van der Waals surface area contributed by atoms with E-state index in [4.69, 9.17) is 9.47 Å². The molecule has 2 aromatic carbocycles. The number of nitrogens with one attached hydrogen (secondary N) is 1. The molecular weight excluding hydrogens is 360 g/mol. The lowest BCUT2D eigenvalue weighted by Crippen LogP contribution is -2.45. The number of ether oxygens (including phenoxy) is 2. The Morgan fingerprint density at radius 1 is 1.11 bits per heavy atom. The molecule has 0 bridgehead atoms. The highest BCUT2D eigenvalue weighted by Gasteiger charge is 2.24. The number of thioether (sulfide) groups is 1. The molecule has 0 unspecified atom stereocenters. The highest BCUT2D eigenvalue weighted by atomic mass is 32.2. The molecule has 2 aromatic rings. The maximum absolute atomic E-state index is 12.6. The van der Waals surface area contributed by atoms with E-state index in [-0.39, 0.29) is 11.9 Å². The molecule has 2 aliphatic heterocycles. The van der Waals surface area contributed by atoms with E-state index < -0.39 is 0 Å². The van der Waals surface area contributed by atoms with Crippen LogP contribution in [0.3, 0.4) is 0 Å². The van der Waals surface area contributed by atoms with Gasteiger partial charge in [-0.3, -0.25) is 4.79 Å². The van der Waals surface area contributed by atoms with Gasteiger partial charge in [-0.1, -0.05) is 18.2 Å². The summed E-state index contributed by atoms with van der Waals surface area (Å²) in [5.41, 5.74) is 1.01. The molecule has 2 aliphatic rings. The molecule has 1 saturated heterocycles. The molecule has 1 fully saturated rings. The number of piperidine rings is 1. The van der Waals surface area contributed by atoms with Crippen molar-refractivity contribution in [3.05, 3.63) is 48.5 Å². The first kappa shape index (κ1) is 18.0. The Hall–Kier alpha value is -2.34. The topological polar surface area (TPSA) is 50.8 Å². The van der Waals surface area contributed by atoms with Crippen LogP contribution in [0.1, 0.15) is 12.8 Å². The molecule has 1 amide bonds. The van der Waals surface area contributed by atoms with Crippen LogP contribution >= 0.6 is 11.8 Å². The van der Waals surface area contributed by atoms with Crippen molar-refractivity contribution in [2.75, 3.05) is 37.4 Å². The maximum Gasteiger partial charge on any atom is 0.233 e. The lowest BCUT2D eigenvalue weighted by atomic mass is 10.1. The summed E-state index contributed by atoms with van der Waals surface area (Å²) >= 11 is 1.60. The monoisotopic (exact) mass is 384 g/mol. The molecule has 0 saturated carbocycles. The molecule has 142 valence electrons. The lowest BCUT2D eigenvalue weighted by molar-refractivity contribution is -0.129. The summed E-state index contributed by atoms with van der Waals surface area (Å²) in [7, 11) is 0.